The molecule has 2 aromatic heterocycles. The molecule has 1 aliphatic rings. The van der Waals surface area contributed by atoms with Crippen molar-refractivity contribution in [3.63, 3.8) is 0 Å². The average molecular weight is 442 g/mol. The van der Waals surface area contributed by atoms with Crippen LogP contribution >= 0.6 is 11.3 Å². The second-order valence-corrected chi connectivity index (χ2v) is 9.03. The predicted octanol–water partition coefficient (Wildman–Crippen LogP) is 3.91. The van der Waals surface area contributed by atoms with Gasteiger partial charge in [0, 0.05) is 29.8 Å². The van der Waals surface area contributed by atoms with Crippen LogP contribution in [0.4, 0.5) is 0 Å². The minimum Gasteiger partial charge on any atom is -0.497 e. The van der Waals surface area contributed by atoms with Crippen molar-refractivity contribution in [1.82, 2.24) is 14.9 Å². The summed E-state index contributed by atoms with van der Waals surface area (Å²) in [4.78, 5) is 36.8. The average Bonchev–Trinajstić information content (AvgIpc) is 3.36. The first-order valence-corrected chi connectivity index (χ1v) is 11.2. The van der Waals surface area contributed by atoms with Gasteiger partial charge in [0.1, 0.15) is 22.2 Å². The minimum atomic E-state index is -0.130. The van der Waals surface area contributed by atoms with E-state index in [2.05, 4.69) is 9.97 Å². The van der Waals surface area contributed by atoms with E-state index in [1.165, 1.54) is 11.3 Å². The molecule has 1 atom stereocenters. The fourth-order valence-corrected chi connectivity index (χ4v) is 5.32. The van der Waals surface area contributed by atoms with Gasteiger partial charge < -0.3 is 19.4 Å². The summed E-state index contributed by atoms with van der Waals surface area (Å²) in [5, 5.41) is 0.655. The number of amides is 1. The molecule has 3 aromatic rings. The molecule has 164 valence electrons. The molecule has 1 saturated heterocycles. The molecule has 0 aliphatic carbocycles. The molecule has 0 bridgehead atoms. The number of aromatic nitrogens is 2. The van der Waals surface area contributed by atoms with Gasteiger partial charge in [-0.15, -0.1) is 11.3 Å². The molecule has 1 amide bonds. The lowest BCUT2D eigenvalue weighted by Crippen LogP contribution is -2.31. The van der Waals surface area contributed by atoms with Crippen LogP contribution in [-0.4, -0.2) is 41.5 Å². The van der Waals surface area contributed by atoms with Crippen molar-refractivity contribution in [2.75, 3.05) is 20.8 Å². The molecule has 1 fully saturated rings. The summed E-state index contributed by atoms with van der Waals surface area (Å²) >= 11 is 1.52. The number of methoxy groups -OCH3 is 2. The van der Waals surface area contributed by atoms with Gasteiger partial charge >= 0.3 is 0 Å². The third-order valence-electron chi connectivity index (χ3n) is 6.03. The quantitative estimate of drug-likeness (QED) is 0.627. The van der Waals surface area contributed by atoms with Crippen molar-refractivity contribution < 1.29 is 14.3 Å². The van der Waals surface area contributed by atoms with E-state index in [0.29, 0.717) is 30.6 Å². The highest BCUT2D eigenvalue weighted by molar-refractivity contribution is 7.18. The van der Waals surface area contributed by atoms with E-state index in [9.17, 15) is 9.59 Å². The third kappa shape index (κ3) is 4.04. The Labute approximate surface area is 185 Å². The van der Waals surface area contributed by atoms with Crippen molar-refractivity contribution in [3.05, 3.63) is 50.4 Å². The summed E-state index contributed by atoms with van der Waals surface area (Å²) in [7, 11) is 3.27. The number of rotatable bonds is 6. The molecule has 8 heteroatoms. The van der Waals surface area contributed by atoms with Crippen LogP contribution < -0.4 is 15.0 Å². The van der Waals surface area contributed by atoms with E-state index in [-0.39, 0.29) is 17.5 Å². The Morgan fingerprint density at radius 3 is 2.84 bits per heavy atom. The van der Waals surface area contributed by atoms with Crippen molar-refractivity contribution in [3.8, 4) is 11.5 Å². The van der Waals surface area contributed by atoms with Gasteiger partial charge in [0.25, 0.3) is 5.56 Å². The Balaban J connectivity index is 1.52. The molecule has 1 aliphatic heterocycles. The summed E-state index contributed by atoms with van der Waals surface area (Å²) in [5.41, 5.74) is 1.81. The highest BCUT2D eigenvalue weighted by Crippen LogP contribution is 2.39. The van der Waals surface area contributed by atoms with Gasteiger partial charge in [-0.05, 0) is 50.5 Å². The van der Waals surface area contributed by atoms with E-state index in [1.807, 2.05) is 36.9 Å². The molecule has 7 nitrogen and oxygen atoms in total. The predicted molar refractivity (Wildman–Crippen MR) is 121 cm³/mol. The maximum Gasteiger partial charge on any atom is 0.259 e. The summed E-state index contributed by atoms with van der Waals surface area (Å²) in [5.74, 6) is 2.10. The molecule has 0 spiro atoms. The SMILES string of the molecule is COc1ccc(OC)c(C2CCCN2C(=O)CCc2nc3sc(C)c(C)c3c(=O)[nH]2)c1. The fraction of sp³-hybridized carbons (Fsp3) is 0.435. The van der Waals surface area contributed by atoms with Crippen LogP contribution in [-0.2, 0) is 11.2 Å². The molecule has 31 heavy (non-hydrogen) atoms. The van der Waals surface area contributed by atoms with Gasteiger partial charge in [0.15, 0.2) is 0 Å². The van der Waals surface area contributed by atoms with Gasteiger partial charge in [-0.1, -0.05) is 0 Å². The number of carbonyl (C=O) groups is 1. The van der Waals surface area contributed by atoms with Gasteiger partial charge in [-0.25, -0.2) is 4.98 Å². The first-order valence-electron chi connectivity index (χ1n) is 10.4. The van der Waals surface area contributed by atoms with E-state index < -0.39 is 0 Å². The third-order valence-corrected chi connectivity index (χ3v) is 7.13. The lowest BCUT2D eigenvalue weighted by molar-refractivity contribution is -0.132. The Morgan fingerprint density at radius 1 is 1.29 bits per heavy atom. The first kappa shape index (κ1) is 21.4. The molecule has 0 saturated carbocycles. The molecular formula is C23H27N3O4S. The molecule has 4 rings (SSSR count). The Kier molecular flexibility index (Phi) is 6.00. The molecule has 1 unspecified atom stereocenters. The molecule has 0 radical (unpaired) electrons. The first-order chi connectivity index (χ1) is 14.9. The van der Waals surface area contributed by atoms with Crippen LogP contribution in [0.5, 0.6) is 11.5 Å². The van der Waals surface area contributed by atoms with Crippen molar-refractivity contribution in [2.24, 2.45) is 0 Å². The summed E-state index contributed by atoms with van der Waals surface area (Å²) in [6, 6.07) is 5.64. The molecule has 3 heterocycles. The van der Waals surface area contributed by atoms with Crippen LogP contribution in [0.25, 0.3) is 10.2 Å². The van der Waals surface area contributed by atoms with Gasteiger partial charge in [0.2, 0.25) is 5.91 Å². The zero-order chi connectivity index (χ0) is 22.1. The number of H-pyrrole nitrogens is 1. The highest BCUT2D eigenvalue weighted by Gasteiger charge is 2.32. The monoisotopic (exact) mass is 441 g/mol. The van der Waals surface area contributed by atoms with E-state index in [1.54, 1.807) is 14.2 Å². The number of ether oxygens (including phenoxy) is 2. The Hall–Kier alpha value is -2.87. The smallest absolute Gasteiger partial charge is 0.259 e. The maximum atomic E-state index is 13.1. The zero-order valence-corrected chi connectivity index (χ0v) is 19.1. The Bertz CT molecular complexity index is 1180. The number of hydrogen-bond donors (Lipinski definition) is 1. The van der Waals surface area contributed by atoms with Crippen LogP contribution in [0.3, 0.4) is 0 Å². The second kappa shape index (κ2) is 8.70. The number of benzene rings is 1. The Morgan fingerprint density at radius 2 is 2.10 bits per heavy atom. The number of nitrogens with one attached hydrogen (secondary N) is 1. The van der Waals surface area contributed by atoms with E-state index >= 15 is 0 Å². The number of carbonyl (C=O) groups excluding carboxylic acids is 1. The number of nitrogens with zero attached hydrogens (tertiary/aromatic N) is 2. The van der Waals surface area contributed by atoms with Crippen LogP contribution in [0.2, 0.25) is 0 Å². The van der Waals surface area contributed by atoms with Gasteiger partial charge in [-0.3, -0.25) is 9.59 Å². The van der Waals surface area contributed by atoms with Crippen LogP contribution in [0, 0.1) is 13.8 Å². The van der Waals surface area contributed by atoms with E-state index in [4.69, 9.17) is 9.47 Å². The zero-order valence-electron chi connectivity index (χ0n) is 18.3. The highest BCUT2D eigenvalue weighted by atomic mass is 32.1. The molecular weight excluding hydrogens is 414 g/mol. The lowest BCUT2D eigenvalue weighted by atomic mass is 10.0. The summed E-state index contributed by atoms with van der Waals surface area (Å²) < 4.78 is 10.9. The summed E-state index contributed by atoms with van der Waals surface area (Å²) in [6.45, 7) is 4.63. The van der Waals surface area contributed by atoms with E-state index in [0.717, 1.165) is 45.2 Å². The fourth-order valence-electron chi connectivity index (χ4n) is 4.27. The largest absolute Gasteiger partial charge is 0.497 e. The number of thiophene rings is 1. The molecule has 1 N–H and O–H groups in total. The summed E-state index contributed by atoms with van der Waals surface area (Å²) in [6.07, 6.45) is 2.51. The number of fused-ring (bicyclic) bond motifs is 1. The van der Waals surface area contributed by atoms with Crippen molar-refractivity contribution >= 4 is 27.5 Å². The lowest BCUT2D eigenvalue weighted by Gasteiger charge is -2.26. The van der Waals surface area contributed by atoms with Crippen molar-refractivity contribution in [2.45, 2.75) is 45.6 Å². The molecule has 1 aromatic carbocycles. The maximum absolute atomic E-state index is 13.1. The minimum absolute atomic E-state index is 0.0466. The number of aromatic amines is 1. The van der Waals surface area contributed by atoms with Gasteiger partial charge in [0.05, 0.1) is 25.6 Å². The van der Waals surface area contributed by atoms with Crippen LogP contribution in [0.1, 0.15) is 47.1 Å². The van der Waals surface area contributed by atoms with Crippen molar-refractivity contribution in [1.29, 1.82) is 0 Å². The van der Waals surface area contributed by atoms with Crippen LogP contribution in [0.15, 0.2) is 23.0 Å². The topological polar surface area (TPSA) is 84.5 Å². The number of likely N-dealkylation sites (tertiary alicyclic amines) is 1. The standard InChI is InChI=1S/C23H27N3O4S/c1-13-14(2)31-23-21(13)22(28)24-19(25-23)9-10-20(27)26-11-5-6-17(26)16-12-15(29-3)7-8-18(16)30-4/h7-8,12,17H,5-6,9-11H2,1-4H3,(H,24,25,28). The second-order valence-electron chi connectivity index (χ2n) is 7.83. The van der Waals surface area contributed by atoms with Gasteiger partial charge in [-0.2, -0.15) is 0 Å². The number of hydrogen-bond acceptors (Lipinski definition) is 6. The normalized spacial score (nSPS) is 16.1. The number of aryl methyl sites for hydroxylation is 3.